The number of aryl methyl sites for hydroxylation is 2. The van der Waals surface area contributed by atoms with Crippen LogP contribution in [-0.4, -0.2) is 18.9 Å². The molecule has 0 spiro atoms. The first-order valence-corrected chi connectivity index (χ1v) is 13.6. The van der Waals surface area contributed by atoms with E-state index in [9.17, 15) is 9.59 Å². The Balaban J connectivity index is 1.81. The number of nitrogens with one attached hydrogen (secondary N) is 1. The minimum Gasteiger partial charge on any atom is -0.466 e. The summed E-state index contributed by atoms with van der Waals surface area (Å²) in [6, 6.07) is 12.7. The molecule has 2 aromatic carbocycles. The van der Waals surface area contributed by atoms with Gasteiger partial charge in [0, 0.05) is 44.4 Å². The smallest absolute Gasteiger partial charge is 0.336 e. The molecule has 1 aliphatic heterocycles. The van der Waals surface area contributed by atoms with Crippen molar-refractivity contribution >= 4 is 39.4 Å². The molecule has 6 heteroatoms. The molecule has 0 saturated carbocycles. The summed E-state index contributed by atoms with van der Waals surface area (Å²) >= 11 is 5.27. The van der Waals surface area contributed by atoms with Crippen LogP contribution in [0.15, 0.2) is 68.3 Å². The Morgan fingerprint density at radius 3 is 2.46 bits per heavy atom. The van der Waals surface area contributed by atoms with Crippen LogP contribution in [0.3, 0.4) is 0 Å². The van der Waals surface area contributed by atoms with Crippen molar-refractivity contribution in [3.8, 4) is 0 Å². The van der Waals surface area contributed by atoms with E-state index in [1.54, 1.807) is 11.8 Å². The number of methoxy groups -OCH3 is 1. The fourth-order valence-electron chi connectivity index (χ4n) is 5.20. The normalized spacial score (nSPS) is 19.4. The fraction of sp³-hybridized carbons (Fsp3) is 0.379. The maximum absolute atomic E-state index is 13.5. The molecule has 0 amide bonds. The van der Waals surface area contributed by atoms with Crippen molar-refractivity contribution in [2.45, 2.75) is 64.0 Å². The number of ether oxygens (including phenoxy) is 1. The summed E-state index contributed by atoms with van der Waals surface area (Å²) in [5.74, 6) is 0.0807. The summed E-state index contributed by atoms with van der Waals surface area (Å²) in [6.07, 6.45) is 1.24. The molecule has 1 N–H and O–H groups in total. The Labute approximate surface area is 220 Å². The second-order valence-corrected chi connectivity index (χ2v) is 12.3. The molecule has 1 aliphatic carbocycles. The second kappa shape index (κ2) is 9.98. The lowest BCUT2D eigenvalue weighted by molar-refractivity contribution is -0.136. The van der Waals surface area contributed by atoms with E-state index < -0.39 is 11.9 Å². The Morgan fingerprint density at radius 1 is 1.11 bits per heavy atom. The van der Waals surface area contributed by atoms with Gasteiger partial charge in [-0.25, -0.2) is 4.79 Å². The van der Waals surface area contributed by atoms with E-state index in [2.05, 4.69) is 73.2 Å². The number of carbonyl (C=O) groups excluding carboxylic acids is 2. The molecular weight excluding hydrogens is 522 g/mol. The molecule has 1 atom stereocenters. The van der Waals surface area contributed by atoms with Crippen molar-refractivity contribution in [2.75, 3.05) is 7.11 Å². The third-order valence-corrected chi connectivity index (χ3v) is 8.48. The van der Waals surface area contributed by atoms with Gasteiger partial charge < -0.3 is 10.1 Å². The van der Waals surface area contributed by atoms with Gasteiger partial charge >= 0.3 is 5.97 Å². The van der Waals surface area contributed by atoms with Gasteiger partial charge in [-0.15, -0.1) is 11.8 Å². The summed E-state index contributed by atoms with van der Waals surface area (Å²) in [5, 5.41) is 3.40. The molecule has 0 saturated heterocycles. The molecule has 0 radical (unpaired) electrons. The zero-order valence-corrected chi connectivity index (χ0v) is 23.6. The SMILES string of the molecule is COC(=O)C1=C(C)NC2=C(C(=O)CC(C)(C)C2)C1c1cc(CSc2ccc(Br)cc2)c(C)cc1C. The molecule has 0 bridgehead atoms. The van der Waals surface area contributed by atoms with Gasteiger partial charge in [0.15, 0.2) is 5.78 Å². The van der Waals surface area contributed by atoms with E-state index in [0.29, 0.717) is 17.6 Å². The predicted octanol–water partition coefficient (Wildman–Crippen LogP) is 7.14. The molecule has 1 heterocycles. The Morgan fingerprint density at radius 2 is 1.80 bits per heavy atom. The van der Waals surface area contributed by atoms with E-state index in [0.717, 1.165) is 39.2 Å². The highest BCUT2D eigenvalue weighted by Gasteiger charge is 2.43. The lowest BCUT2D eigenvalue weighted by Gasteiger charge is -2.39. The van der Waals surface area contributed by atoms with Crippen LogP contribution in [0.4, 0.5) is 0 Å². The average Bonchev–Trinajstić information content (AvgIpc) is 2.77. The lowest BCUT2D eigenvalue weighted by atomic mass is 9.68. The van der Waals surface area contributed by atoms with Crippen LogP contribution in [0.5, 0.6) is 0 Å². The number of hydrogen-bond acceptors (Lipinski definition) is 5. The van der Waals surface area contributed by atoms with Gasteiger partial charge in [-0.3, -0.25) is 4.79 Å². The summed E-state index contributed by atoms with van der Waals surface area (Å²) < 4.78 is 6.26. The Bertz CT molecular complexity index is 1260. The summed E-state index contributed by atoms with van der Waals surface area (Å²) in [4.78, 5) is 27.7. The van der Waals surface area contributed by atoms with Gasteiger partial charge in [0.25, 0.3) is 0 Å². The number of Topliss-reactive ketones (excluding diaryl/α,β-unsaturated/α-hetero) is 1. The first-order valence-electron chi connectivity index (χ1n) is 11.8. The van der Waals surface area contributed by atoms with E-state index in [1.807, 2.05) is 19.1 Å². The maximum Gasteiger partial charge on any atom is 0.336 e. The van der Waals surface area contributed by atoms with E-state index in [1.165, 1.54) is 23.1 Å². The number of rotatable bonds is 5. The largest absolute Gasteiger partial charge is 0.466 e. The highest BCUT2D eigenvalue weighted by atomic mass is 79.9. The number of dihydropyridines is 1. The number of ketones is 1. The van der Waals surface area contributed by atoms with Crippen molar-refractivity contribution in [2.24, 2.45) is 5.41 Å². The maximum atomic E-state index is 13.5. The topological polar surface area (TPSA) is 55.4 Å². The molecule has 0 aromatic heterocycles. The van der Waals surface area contributed by atoms with E-state index in [-0.39, 0.29) is 11.2 Å². The summed E-state index contributed by atoms with van der Waals surface area (Å²) in [7, 11) is 1.40. The number of benzene rings is 2. The zero-order valence-electron chi connectivity index (χ0n) is 21.2. The fourth-order valence-corrected chi connectivity index (χ4v) is 6.43. The highest BCUT2D eigenvalue weighted by Crippen LogP contribution is 2.48. The Kier molecular flexibility index (Phi) is 7.35. The minimum atomic E-state index is -0.431. The van der Waals surface area contributed by atoms with Gasteiger partial charge in [-0.05, 0) is 79.1 Å². The molecule has 2 aliphatic rings. The van der Waals surface area contributed by atoms with Gasteiger partial charge in [-0.1, -0.05) is 41.9 Å². The van der Waals surface area contributed by atoms with Crippen LogP contribution < -0.4 is 5.32 Å². The monoisotopic (exact) mass is 553 g/mol. The van der Waals surface area contributed by atoms with Crippen LogP contribution in [-0.2, 0) is 20.1 Å². The molecule has 2 aromatic rings. The van der Waals surface area contributed by atoms with E-state index >= 15 is 0 Å². The van der Waals surface area contributed by atoms with Crippen molar-refractivity contribution in [1.82, 2.24) is 5.32 Å². The molecule has 35 heavy (non-hydrogen) atoms. The number of esters is 1. The van der Waals surface area contributed by atoms with Gasteiger partial charge in [-0.2, -0.15) is 0 Å². The quantitative estimate of drug-likeness (QED) is 0.315. The Hall–Kier alpha value is -2.31. The number of hydrogen-bond donors (Lipinski definition) is 1. The van der Waals surface area contributed by atoms with Crippen molar-refractivity contribution in [1.29, 1.82) is 0 Å². The number of thioether (sulfide) groups is 1. The van der Waals surface area contributed by atoms with Crippen molar-refractivity contribution < 1.29 is 14.3 Å². The van der Waals surface area contributed by atoms with Crippen LogP contribution in [0.25, 0.3) is 0 Å². The molecule has 184 valence electrons. The van der Waals surface area contributed by atoms with Gasteiger partial charge in [0.1, 0.15) is 0 Å². The molecule has 1 unspecified atom stereocenters. The minimum absolute atomic E-state index is 0.105. The zero-order chi connectivity index (χ0) is 25.5. The number of carbonyl (C=O) groups is 2. The van der Waals surface area contributed by atoms with Crippen LogP contribution >= 0.6 is 27.7 Å². The predicted molar refractivity (Wildman–Crippen MR) is 145 cm³/mol. The lowest BCUT2D eigenvalue weighted by Crippen LogP contribution is -2.38. The number of halogens is 1. The van der Waals surface area contributed by atoms with Crippen LogP contribution in [0.1, 0.15) is 61.8 Å². The van der Waals surface area contributed by atoms with Gasteiger partial charge in [0.2, 0.25) is 0 Å². The summed E-state index contributed by atoms with van der Waals surface area (Å²) in [6.45, 7) is 10.3. The van der Waals surface area contributed by atoms with Crippen LogP contribution in [0.2, 0.25) is 0 Å². The molecular formula is C29H32BrNO3S. The average molecular weight is 555 g/mol. The van der Waals surface area contributed by atoms with Gasteiger partial charge in [0.05, 0.1) is 12.7 Å². The third-order valence-electron chi connectivity index (χ3n) is 6.89. The first-order chi connectivity index (χ1) is 16.5. The molecule has 4 nitrogen and oxygen atoms in total. The van der Waals surface area contributed by atoms with Crippen molar-refractivity contribution in [3.63, 3.8) is 0 Å². The standard InChI is InChI=1S/C29H32BrNO3S/c1-16-11-17(2)22(12-19(16)15-35-21-9-7-20(30)8-10-21)26-25(28(33)34-6)18(3)31-23-13-29(4,5)14-24(32)27(23)26/h7-12,26,31H,13-15H2,1-6H3. The molecule has 0 fully saturated rings. The first kappa shape index (κ1) is 25.8. The van der Waals surface area contributed by atoms with E-state index in [4.69, 9.17) is 4.74 Å². The van der Waals surface area contributed by atoms with Crippen molar-refractivity contribution in [3.05, 3.63) is 85.7 Å². The second-order valence-electron chi connectivity index (χ2n) is 10.3. The molecule has 4 rings (SSSR count). The summed E-state index contributed by atoms with van der Waals surface area (Å²) in [5.41, 5.74) is 7.30. The third kappa shape index (κ3) is 5.29. The number of allylic oxidation sites excluding steroid dienone is 3. The highest BCUT2D eigenvalue weighted by molar-refractivity contribution is 9.10. The van der Waals surface area contributed by atoms with Crippen LogP contribution in [0, 0.1) is 19.3 Å².